The van der Waals surface area contributed by atoms with E-state index in [4.69, 9.17) is 16.3 Å². The molecule has 1 aliphatic rings. The molecule has 38 heavy (non-hydrogen) atoms. The lowest BCUT2D eigenvalue weighted by Crippen LogP contribution is -2.50. The van der Waals surface area contributed by atoms with Crippen LogP contribution in [0.4, 0.5) is 5.69 Å². The number of carboxylic acids is 1. The number of aliphatic carboxylic acids is 1. The van der Waals surface area contributed by atoms with Crippen molar-refractivity contribution in [3.05, 3.63) is 106 Å². The van der Waals surface area contributed by atoms with Crippen molar-refractivity contribution >= 4 is 50.5 Å². The summed E-state index contributed by atoms with van der Waals surface area (Å²) in [7, 11) is -4.28. The standard InChI is InChI=1S/C27H21ClN2O6S2/c28-19-7-9-20(10-8-19)36-21-11-13-22(14-12-21)38(34,35)30-16-18-4-1-2-5-23(18)29(17-24(30)27(32)33)26(31)25-6-3-15-37-25/h1-15,24H,16-17H2,(H,32,33). The number of rotatable bonds is 6. The summed E-state index contributed by atoms with van der Waals surface area (Å²) in [4.78, 5) is 27.4. The average Bonchev–Trinajstić information content (AvgIpc) is 3.38. The van der Waals surface area contributed by atoms with Gasteiger partial charge >= 0.3 is 5.97 Å². The van der Waals surface area contributed by atoms with Crippen LogP contribution in [0.1, 0.15) is 15.2 Å². The second-order valence-electron chi connectivity index (χ2n) is 8.45. The summed E-state index contributed by atoms with van der Waals surface area (Å²) in [5, 5.41) is 12.4. The Labute approximate surface area is 228 Å². The van der Waals surface area contributed by atoms with Crippen LogP contribution in [0.15, 0.2) is 95.2 Å². The van der Waals surface area contributed by atoms with Crippen LogP contribution in [0.5, 0.6) is 11.5 Å². The molecule has 0 bridgehead atoms. The molecule has 0 saturated carbocycles. The third kappa shape index (κ3) is 5.16. The van der Waals surface area contributed by atoms with Crippen molar-refractivity contribution in [1.29, 1.82) is 0 Å². The number of amides is 1. The number of carbonyl (C=O) groups is 2. The van der Waals surface area contributed by atoms with Gasteiger partial charge in [-0.05, 0) is 71.6 Å². The van der Waals surface area contributed by atoms with Gasteiger partial charge in [0.25, 0.3) is 5.91 Å². The Hall–Kier alpha value is -3.70. The molecule has 1 amide bonds. The lowest BCUT2D eigenvalue weighted by Gasteiger charge is -2.28. The Morgan fingerprint density at radius 1 is 0.921 bits per heavy atom. The largest absolute Gasteiger partial charge is 0.480 e. The average molecular weight is 569 g/mol. The smallest absolute Gasteiger partial charge is 0.323 e. The summed E-state index contributed by atoms with van der Waals surface area (Å²) in [6.07, 6.45) is 0. The van der Waals surface area contributed by atoms with Crippen molar-refractivity contribution in [3.8, 4) is 11.5 Å². The normalized spacial score (nSPS) is 15.9. The number of nitrogens with zero attached hydrogens (tertiary/aromatic N) is 2. The molecule has 194 valence electrons. The molecule has 1 atom stereocenters. The van der Waals surface area contributed by atoms with Gasteiger partial charge in [-0.1, -0.05) is 35.9 Å². The zero-order valence-electron chi connectivity index (χ0n) is 19.7. The summed E-state index contributed by atoms with van der Waals surface area (Å²) in [6.45, 7) is -0.563. The lowest BCUT2D eigenvalue weighted by molar-refractivity contribution is -0.141. The molecular formula is C27H21ClN2O6S2. The molecular weight excluding hydrogens is 548 g/mol. The van der Waals surface area contributed by atoms with Gasteiger partial charge in [-0.25, -0.2) is 8.42 Å². The molecule has 0 aliphatic carbocycles. The molecule has 0 fully saturated rings. The summed E-state index contributed by atoms with van der Waals surface area (Å²) in [6, 6.07) is 21.1. The number of hydrogen-bond donors (Lipinski definition) is 1. The summed E-state index contributed by atoms with van der Waals surface area (Å²) in [5.41, 5.74) is 0.994. The SMILES string of the molecule is O=C(O)C1CN(C(=O)c2cccs2)c2ccccc2CN1S(=O)(=O)c1ccc(Oc2ccc(Cl)cc2)cc1. The van der Waals surface area contributed by atoms with Crippen molar-refractivity contribution in [2.45, 2.75) is 17.5 Å². The predicted molar refractivity (Wildman–Crippen MR) is 145 cm³/mol. The molecule has 0 spiro atoms. The van der Waals surface area contributed by atoms with Crippen molar-refractivity contribution in [1.82, 2.24) is 4.31 Å². The number of halogens is 1. The molecule has 2 heterocycles. The Bertz CT molecular complexity index is 1570. The van der Waals surface area contributed by atoms with Gasteiger partial charge in [0.15, 0.2) is 0 Å². The molecule has 5 rings (SSSR count). The summed E-state index contributed by atoms with van der Waals surface area (Å²) in [5.74, 6) is -0.819. The van der Waals surface area contributed by atoms with Gasteiger partial charge in [-0.2, -0.15) is 4.31 Å². The molecule has 0 saturated heterocycles. The highest BCUT2D eigenvalue weighted by Gasteiger charge is 2.41. The maximum Gasteiger partial charge on any atom is 0.323 e. The number of benzene rings is 3. The Morgan fingerprint density at radius 2 is 1.58 bits per heavy atom. The van der Waals surface area contributed by atoms with Gasteiger partial charge in [0.1, 0.15) is 17.5 Å². The van der Waals surface area contributed by atoms with Crippen LogP contribution in [0.2, 0.25) is 5.02 Å². The summed E-state index contributed by atoms with van der Waals surface area (Å²) >= 11 is 7.13. The van der Waals surface area contributed by atoms with E-state index in [1.807, 2.05) is 0 Å². The van der Waals surface area contributed by atoms with Gasteiger partial charge in [0.2, 0.25) is 10.0 Å². The number of ether oxygens (including phenoxy) is 1. The molecule has 1 N–H and O–H groups in total. The number of fused-ring (bicyclic) bond motifs is 1. The van der Waals surface area contributed by atoms with E-state index in [0.29, 0.717) is 32.6 Å². The van der Waals surface area contributed by atoms with Crippen LogP contribution in [-0.4, -0.2) is 42.3 Å². The minimum atomic E-state index is -4.28. The van der Waals surface area contributed by atoms with Crippen LogP contribution < -0.4 is 9.64 Å². The second kappa shape index (κ2) is 10.6. The van der Waals surface area contributed by atoms with E-state index in [2.05, 4.69) is 0 Å². The number of para-hydroxylation sites is 1. The van der Waals surface area contributed by atoms with Crippen molar-refractivity contribution < 1.29 is 27.9 Å². The minimum Gasteiger partial charge on any atom is -0.480 e. The number of thiophene rings is 1. The van der Waals surface area contributed by atoms with Crippen LogP contribution in [-0.2, 0) is 21.4 Å². The lowest BCUT2D eigenvalue weighted by atomic mass is 10.1. The number of carboxylic acid groups (broad SMARTS) is 1. The van der Waals surface area contributed by atoms with E-state index in [9.17, 15) is 23.1 Å². The molecule has 8 nitrogen and oxygen atoms in total. The zero-order valence-corrected chi connectivity index (χ0v) is 22.1. The fraction of sp³-hybridized carbons (Fsp3) is 0.111. The van der Waals surface area contributed by atoms with E-state index in [0.717, 1.165) is 4.31 Å². The number of anilines is 1. The van der Waals surface area contributed by atoms with Crippen LogP contribution in [0.3, 0.4) is 0 Å². The highest BCUT2D eigenvalue weighted by Crippen LogP contribution is 2.33. The topological polar surface area (TPSA) is 104 Å². The third-order valence-electron chi connectivity index (χ3n) is 6.05. The molecule has 1 aromatic heterocycles. The van der Waals surface area contributed by atoms with Crippen LogP contribution >= 0.6 is 22.9 Å². The molecule has 11 heteroatoms. The maximum absolute atomic E-state index is 13.8. The van der Waals surface area contributed by atoms with Gasteiger partial charge in [-0.15, -0.1) is 11.3 Å². The van der Waals surface area contributed by atoms with E-state index in [-0.39, 0.29) is 23.9 Å². The number of sulfonamides is 1. The van der Waals surface area contributed by atoms with Gasteiger partial charge in [-0.3, -0.25) is 9.59 Å². The van der Waals surface area contributed by atoms with Crippen molar-refractivity contribution in [2.24, 2.45) is 0 Å². The molecule has 3 aromatic carbocycles. The zero-order chi connectivity index (χ0) is 26.9. The molecule has 0 radical (unpaired) electrons. The Morgan fingerprint density at radius 3 is 2.21 bits per heavy atom. The fourth-order valence-electron chi connectivity index (χ4n) is 4.18. The third-order valence-corrected chi connectivity index (χ3v) is 9.03. The minimum absolute atomic E-state index is 0.0947. The van der Waals surface area contributed by atoms with E-state index < -0.39 is 22.0 Å². The van der Waals surface area contributed by atoms with Crippen molar-refractivity contribution in [3.63, 3.8) is 0 Å². The fourth-order valence-corrected chi connectivity index (χ4v) is 6.53. The quantitative estimate of drug-likeness (QED) is 0.329. The maximum atomic E-state index is 13.8. The van der Waals surface area contributed by atoms with Gasteiger partial charge in [0.05, 0.1) is 16.3 Å². The van der Waals surface area contributed by atoms with E-state index >= 15 is 0 Å². The molecule has 1 aliphatic heterocycles. The molecule has 1 unspecified atom stereocenters. The predicted octanol–water partition coefficient (Wildman–Crippen LogP) is 5.50. The van der Waals surface area contributed by atoms with Gasteiger partial charge in [0, 0.05) is 17.3 Å². The first kappa shape index (κ1) is 25.9. The van der Waals surface area contributed by atoms with E-state index in [1.54, 1.807) is 66.0 Å². The van der Waals surface area contributed by atoms with Crippen molar-refractivity contribution in [2.75, 3.05) is 11.4 Å². The second-order valence-corrected chi connectivity index (χ2v) is 11.7. The number of hydrogen-bond acceptors (Lipinski definition) is 6. The highest BCUT2D eigenvalue weighted by molar-refractivity contribution is 7.89. The molecule has 4 aromatic rings. The van der Waals surface area contributed by atoms with Gasteiger partial charge < -0.3 is 14.7 Å². The van der Waals surface area contributed by atoms with Crippen LogP contribution in [0.25, 0.3) is 0 Å². The van der Waals surface area contributed by atoms with Crippen LogP contribution in [0, 0.1) is 0 Å². The summed E-state index contributed by atoms with van der Waals surface area (Å²) < 4.78 is 34.2. The highest BCUT2D eigenvalue weighted by atomic mass is 35.5. The monoisotopic (exact) mass is 568 g/mol. The Kier molecular flexibility index (Phi) is 7.22. The first-order valence-electron chi connectivity index (χ1n) is 11.5. The Balaban J connectivity index is 1.48. The first-order chi connectivity index (χ1) is 18.2. The van der Waals surface area contributed by atoms with E-state index in [1.165, 1.54) is 40.5 Å². The first-order valence-corrected chi connectivity index (χ1v) is 14.2. The number of carbonyl (C=O) groups excluding carboxylic acids is 1.